The number of benzene rings is 1. The summed E-state index contributed by atoms with van der Waals surface area (Å²) < 4.78 is 0. The molecule has 0 saturated carbocycles. The van der Waals surface area contributed by atoms with Crippen LogP contribution in [0.5, 0.6) is 0 Å². The molecule has 0 aliphatic rings. The molecular weight excluding hydrogens is 190 g/mol. The van der Waals surface area contributed by atoms with Crippen molar-refractivity contribution in [2.24, 2.45) is 0 Å². The summed E-state index contributed by atoms with van der Waals surface area (Å²) in [5.74, 6) is -0.0686. The van der Waals surface area contributed by atoms with Gasteiger partial charge >= 0.3 is 0 Å². The molecule has 1 aromatic rings. The van der Waals surface area contributed by atoms with Gasteiger partial charge in [-0.25, -0.2) is 5.06 Å². The zero-order valence-electron chi connectivity index (χ0n) is 9.43. The van der Waals surface area contributed by atoms with Crippen LogP contribution in [0.25, 0.3) is 0 Å². The molecule has 0 radical (unpaired) electrons. The van der Waals surface area contributed by atoms with E-state index in [0.29, 0.717) is 6.61 Å². The molecule has 0 atom stereocenters. The fraction of sp³-hybridized carbons (Fsp3) is 0.417. The van der Waals surface area contributed by atoms with Gasteiger partial charge in [0, 0.05) is 6.92 Å². The maximum absolute atomic E-state index is 11.2. The lowest BCUT2D eigenvalue weighted by atomic mass is 10.2. The van der Waals surface area contributed by atoms with Crippen molar-refractivity contribution < 1.29 is 9.63 Å². The van der Waals surface area contributed by atoms with Crippen molar-refractivity contribution in [3.05, 3.63) is 35.9 Å². The first-order valence-electron chi connectivity index (χ1n) is 5.08. The Kier molecular flexibility index (Phi) is 4.31. The third-order valence-electron chi connectivity index (χ3n) is 1.99. The lowest BCUT2D eigenvalue weighted by molar-refractivity contribution is -0.199. The quantitative estimate of drug-likeness (QED) is 0.709. The molecule has 0 unspecified atom stereocenters. The van der Waals surface area contributed by atoms with Gasteiger partial charge in [-0.15, -0.1) is 0 Å². The molecule has 0 aromatic heterocycles. The van der Waals surface area contributed by atoms with Gasteiger partial charge < -0.3 is 0 Å². The standard InChI is InChI=1S/C12H17NO2/c1-10(2)13(11(3)14)15-9-12-7-5-4-6-8-12/h4-8,10H,9H2,1-3H3. The number of hydrogen-bond acceptors (Lipinski definition) is 2. The second-order valence-electron chi connectivity index (χ2n) is 3.70. The van der Waals surface area contributed by atoms with Crippen LogP contribution in [0.4, 0.5) is 0 Å². The molecule has 0 N–H and O–H groups in total. The Bertz CT molecular complexity index is 309. The van der Waals surface area contributed by atoms with Gasteiger partial charge in [-0.2, -0.15) is 0 Å². The number of amides is 1. The van der Waals surface area contributed by atoms with Crippen molar-refractivity contribution >= 4 is 5.91 Å². The summed E-state index contributed by atoms with van der Waals surface area (Å²) in [4.78, 5) is 16.6. The number of nitrogens with zero attached hydrogens (tertiary/aromatic N) is 1. The smallest absolute Gasteiger partial charge is 0.243 e. The van der Waals surface area contributed by atoms with Crippen molar-refractivity contribution in [1.29, 1.82) is 0 Å². The summed E-state index contributed by atoms with van der Waals surface area (Å²) in [6.45, 7) is 5.78. The Labute approximate surface area is 90.6 Å². The molecule has 0 spiro atoms. The van der Waals surface area contributed by atoms with E-state index in [1.165, 1.54) is 12.0 Å². The minimum absolute atomic E-state index is 0.0613. The van der Waals surface area contributed by atoms with E-state index in [4.69, 9.17) is 4.84 Å². The van der Waals surface area contributed by atoms with Gasteiger partial charge in [-0.1, -0.05) is 30.3 Å². The summed E-state index contributed by atoms with van der Waals surface area (Å²) in [6.07, 6.45) is 0. The molecule has 0 fully saturated rings. The second-order valence-corrected chi connectivity index (χ2v) is 3.70. The molecule has 1 amide bonds. The molecule has 3 heteroatoms. The van der Waals surface area contributed by atoms with Crippen LogP contribution >= 0.6 is 0 Å². The molecule has 0 aliphatic carbocycles. The van der Waals surface area contributed by atoms with E-state index in [0.717, 1.165) is 5.56 Å². The van der Waals surface area contributed by atoms with E-state index in [2.05, 4.69) is 0 Å². The highest BCUT2D eigenvalue weighted by molar-refractivity contribution is 5.72. The van der Waals surface area contributed by atoms with Crippen molar-refractivity contribution in [1.82, 2.24) is 5.06 Å². The van der Waals surface area contributed by atoms with Gasteiger partial charge in [-0.3, -0.25) is 9.63 Å². The zero-order valence-corrected chi connectivity index (χ0v) is 9.43. The van der Waals surface area contributed by atoms with Crippen LogP contribution in [0.3, 0.4) is 0 Å². The van der Waals surface area contributed by atoms with Crippen molar-refractivity contribution in [2.45, 2.75) is 33.4 Å². The molecule has 0 bridgehead atoms. The van der Waals surface area contributed by atoms with Gasteiger partial charge in [0.05, 0.1) is 6.04 Å². The molecule has 0 saturated heterocycles. The highest BCUT2D eigenvalue weighted by Crippen LogP contribution is 2.06. The van der Waals surface area contributed by atoms with Crippen LogP contribution in [0.1, 0.15) is 26.3 Å². The topological polar surface area (TPSA) is 29.5 Å². The van der Waals surface area contributed by atoms with Gasteiger partial charge in [-0.05, 0) is 19.4 Å². The highest BCUT2D eigenvalue weighted by Gasteiger charge is 2.13. The predicted molar refractivity (Wildman–Crippen MR) is 58.9 cm³/mol. The first-order valence-corrected chi connectivity index (χ1v) is 5.08. The minimum atomic E-state index is -0.0686. The molecule has 15 heavy (non-hydrogen) atoms. The van der Waals surface area contributed by atoms with E-state index in [1.807, 2.05) is 44.2 Å². The lowest BCUT2D eigenvalue weighted by Gasteiger charge is -2.24. The number of carbonyl (C=O) groups is 1. The summed E-state index contributed by atoms with van der Waals surface area (Å²) >= 11 is 0. The van der Waals surface area contributed by atoms with Crippen molar-refractivity contribution in [3.63, 3.8) is 0 Å². The third-order valence-corrected chi connectivity index (χ3v) is 1.99. The van der Waals surface area contributed by atoms with Gasteiger partial charge in [0.1, 0.15) is 6.61 Å². The van der Waals surface area contributed by atoms with Crippen molar-refractivity contribution in [3.8, 4) is 0 Å². The first-order chi connectivity index (χ1) is 7.11. The molecule has 0 aliphatic heterocycles. The van der Waals surface area contributed by atoms with E-state index >= 15 is 0 Å². The zero-order chi connectivity index (χ0) is 11.3. The number of hydrogen-bond donors (Lipinski definition) is 0. The lowest BCUT2D eigenvalue weighted by Crippen LogP contribution is -2.35. The Balaban J connectivity index is 2.51. The number of rotatable bonds is 4. The SMILES string of the molecule is CC(=O)N(OCc1ccccc1)C(C)C. The Morgan fingerprint density at radius 1 is 1.33 bits per heavy atom. The van der Waals surface area contributed by atoms with Crippen LogP contribution in [-0.2, 0) is 16.2 Å². The molecule has 3 nitrogen and oxygen atoms in total. The van der Waals surface area contributed by atoms with Gasteiger partial charge in [0.2, 0.25) is 5.91 Å². The van der Waals surface area contributed by atoms with Crippen LogP contribution < -0.4 is 0 Å². The molecule has 1 aromatic carbocycles. The maximum Gasteiger partial charge on any atom is 0.243 e. The molecule has 82 valence electrons. The van der Waals surface area contributed by atoms with Gasteiger partial charge in [0.15, 0.2) is 0 Å². The second kappa shape index (κ2) is 5.51. The summed E-state index contributed by atoms with van der Waals surface area (Å²) in [5.41, 5.74) is 1.06. The van der Waals surface area contributed by atoms with Crippen LogP contribution in [0.2, 0.25) is 0 Å². The first kappa shape index (κ1) is 11.7. The normalized spacial score (nSPS) is 10.4. The average molecular weight is 207 g/mol. The Morgan fingerprint density at radius 2 is 1.93 bits per heavy atom. The van der Waals surface area contributed by atoms with E-state index < -0.39 is 0 Å². The summed E-state index contributed by atoms with van der Waals surface area (Å²) in [6, 6.07) is 9.86. The van der Waals surface area contributed by atoms with E-state index in [-0.39, 0.29) is 11.9 Å². The highest BCUT2D eigenvalue weighted by atomic mass is 16.7. The van der Waals surface area contributed by atoms with Crippen molar-refractivity contribution in [2.75, 3.05) is 0 Å². The van der Waals surface area contributed by atoms with Gasteiger partial charge in [0.25, 0.3) is 0 Å². The number of hydroxylamine groups is 2. The molecular formula is C12H17NO2. The van der Waals surface area contributed by atoms with E-state index in [1.54, 1.807) is 0 Å². The van der Waals surface area contributed by atoms with Crippen LogP contribution in [0, 0.1) is 0 Å². The molecule has 0 heterocycles. The van der Waals surface area contributed by atoms with Crippen LogP contribution in [-0.4, -0.2) is 17.0 Å². The fourth-order valence-corrected chi connectivity index (χ4v) is 1.32. The largest absolute Gasteiger partial charge is 0.273 e. The Morgan fingerprint density at radius 3 is 2.40 bits per heavy atom. The third kappa shape index (κ3) is 3.72. The summed E-state index contributed by atoms with van der Waals surface area (Å²) in [5, 5.41) is 1.40. The monoisotopic (exact) mass is 207 g/mol. The maximum atomic E-state index is 11.2. The minimum Gasteiger partial charge on any atom is -0.273 e. The van der Waals surface area contributed by atoms with E-state index in [9.17, 15) is 4.79 Å². The Hall–Kier alpha value is -1.35. The average Bonchev–Trinajstić information content (AvgIpc) is 2.18. The number of carbonyl (C=O) groups excluding carboxylic acids is 1. The predicted octanol–water partition coefficient (Wildman–Crippen LogP) is 2.38. The fourth-order valence-electron chi connectivity index (χ4n) is 1.32. The summed E-state index contributed by atoms with van der Waals surface area (Å²) in [7, 11) is 0. The van der Waals surface area contributed by atoms with Crippen LogP contribution in [0.15, 0.2) is 30.3 Å². The molecule has 1 rings (SSSR count).